The number of amides is 2. The Labute approximate surface area is 113 Å². The van der Waals surface area contributed by atoms with Crippen LogP contribution in [0.2, 0.25) is 0 Å². The lowest BCUT2D eigenvalue weighted by molar-refractivity contribution is -0.121. The summed E-state index contributed by atoms with van der Waals surface area (Å²) in [5.41, 5.74) is 0. The first kappa shape index (κ1) is 13.6. The highest BCUT2D eigenvalue weighted by molar-refractivity contribution is 5.91. The Morgan fingerprint density at radius 2 is 2.05 bits per heavy atom. The molecule has 1 N–H and O–H groups in total. The molecule has 1 aromatic heterocycles. The van der Waals surface area contributed by atoms with Crippen LogP contribution in [0.15, 0.2) is 22.8 Å². The van der Waals surface area contributed by atoms with Crippen molar-refractivity contribution in [2.75, 3.05) is 19.6 Å². The number of rotatable bonds is 1. The molecule has 5 nitrogen and oxygen atoms in total. The molecule has 0 saturated carbocycles. The Morgan fingerprint density at radius 1 is 1.21 bits per heavy atom. The van der Waals surface area contributed by atoms with Crippen LogP contribution in [-0.2, 0) is 4.79 Å². The normalized spacial score (nSPS) is 18.5. The van der Waals surface area contributed by atoms with E-state index in [9.17, 15) is 9.59 Å². The fraction of sp³-hybridized carbons (Fsp3) is 0.571. The third kappa shape index (κ3) is 4.12. The van der Waals surface area contributed by atoms with Gasteiger partial charge in [-0.2, -0.15) is 0 Å². The lowest BCUT2D eigenvalue weighted by Crippen LogP contribution is -2.35. The topological polar surface area (TPSA) is 62.6 Å². The van der Waals surface area contributed by atoms with Crippen LogP contribution in [0.1, 0.15) is 42.7 Å². The smallest absolute Gasteiger partial charge is 0.289 e. The number of nitrogens with zero attached hydrogens (tertiary/aromatic N) is 1. The molecule has 0 spiro atoms. The van der Waals surface area contributed by atoms with Crippen molar-refractivity contribution in [3.8, 4) is 0 Å². The summed E-state index contributed by atoms with van der Waals surface area (Å²) in [5.74, 6) is 0.228. The van der Waals surface area contributed by atoms with Crippen LogP contribution in [0, 0.1) is 0 Å². The van der Waals surface area contributed by atoms with Gasteiger partial charge >= 0.3 is 0 Å². The van der Waals surface area contributed by atoms with E-state index in [1.807, 2.05) is 0 Å². The van der Waals surface area contributed by atoms with E-state index in [1.54, 1.807) is 17.0 Å². The van der Waals surface area contributed by atoms with Crippen molar-refractivity contribution in [2.24, 2.45) is 0 Å². The van der Waals surface area contributed by atoms with Gasteiger partial charge in [0.1, 0.15) is 0 Å². The van der Waals surface area contributed by atoms with Crippen LogP contribution in [0.25, 0.3) is 0 Å². The Kier molecular flexibility index (Phi) is 5.01. The molecule has 0 atom stereocenters. The Hall–Kier alpha value is -1.78. The fourth-order valence-corrected chi connectivity index (χ4v) is 2.20. The van der Waals surface area contributed by atoms with Crippen molar-refractivity contribution in [2.45, 2.75) is 32.1 Å². The molecule has 0 aliphatic carbocycles. The van der Waals surface area contributed by atoms with Gasteiger partial charge in [0.05, 0.1) is 6.26 Å². The van der Waals surface area contributed by atoms with Crippen molar-refractivity contribution in [1.29, 1.82) is 0 Å². The molecule has 2 rings (SSSR count). The molecular formula is C14H20N2O3. The van der Waals surface area contributed by atoms with E-state index < -0.39 is 0 Å². The number of carbonyl (C=O) groups excluding carboxylic acids is 2. The summed E-state index contributed by atoms with van der Waals surface area (Å²) in [6, 6.07) is 3.36. The molecule has 1 aromatic rings. The second-order valence-electron chi connectivity index (χ2n) is 4.78. The van der Waals surface area contributed by atoms with Crippen molar-refractivity contribution in [1.82, 2.24) is 10.2 Å². The lowest BCUT2D eigenvalue weighted by atomic mass is 10.2. The van der Waals surface area contributed by atoms with E-state index in [0.29, 0.717) is 25.3 Å². The first-order valence-electron chi connectivity index (χ1n) is 6.87. The van der Waals surface area contributed by atoms with Gasteiger partial charge in [-0.3, -0.25) is 9.59 Å². The molecule has 1 fully saturated rings. The highest BCUT2D eigenvalue weighted by Crippen LogP contribution is 2.10. The lowest BCUT2D eigenvalue weighted by Gasteiger charge is -2.21. The summed E-state index contributed by atoms with van der Waals surface area (Å²) in [7, 11) is 0. The maximum absolute atomic E-state index is 12.2. The number of carbonyl (C=O) groups is 2. The minimum absolute atomic E-state index is 0.0131. The summed E-state index contributed by atoms with van der Waals surface area (Å²) in [6.07, 6.45) is 6.00. The maximum Gasteiger partial charge on any atom is 0.289 e. The standard InChI is InChI=1S/C14H20N2O3/c17-13-7-10-16(9-4-2-1-3-8-15-13)14(18)12-6-5-11-19-12/h5-6,11H,1-4,7-10H2,(H,15,17). The molecule has 0 unspecified atom stereocenters. The van der Waals surface area contributed by atoms with Crippen LogP contribution in [0.3, 0.4) is 0 Å². The third-order valence-electron chi connectivity index (χ3n) is 3.30. The Bertz CT molecular complexity index is 414. The zero-order valence-corrected chi connectivity index (χ0v) is 11.1. The van der Waals surface area contributed by atoms with Gasteiger partial charge in [-0.05, 0) is 25.0 Å². The molecule has 5 heteroatoms. The molecular weight excluding hydrogens is 244 g/mol. The molecule has 0 aromatic carbocycles. The summed E-state index contributed by atoms with van der Waals surface area (Å²) < 4.78 is 5.14. The maximum atomic E-state index is 12.2. The van der Waals surface area contributed by atoms with Gasteiger partial charge < -0.3 is 14.6 Å². The minimum atomic E-state index is -0.128. The van der Waals surface area contributed by atoms with Crippen LogP contribution >= 0.6 is 0 Å². The summed E-state index contributed by atoms with van der Waals surface area (Å²) >= 11 is 0. The number of hydrogen-bond donors (Lipinski definition) is 1. The predicted molar refractivity (Wildman–Crippen MR) is 70.7 cm³/mol. The quantitative estimate of drug-likeness (QED) is 0.841. The highest BCUT2D eigenvalue weighted by Gasteiger charge is 2.19. The van der Waals surface area contributed by atoms with Crippen LogP contribution in [0.5, 0.6) is 0 Å². The molecule has 1 saturated heterocycles. The van der Waals surface area contributed by atoms with Gasteiger partial charge in [0.2, 0.25) is 5.91 Å². The van der Waals surface area contributed by atoms with E-state index in [-0.39, 0.29) is 11.8 Å². The van der Waals surface area contributed by atoms with Gasteiger partial charge in [-0.25, -0.2) is 0 Å². The Balaban J connectivity index is 1.98. The average Bonchev–Trinajstić information content (AvgIpc) is 2.92. The van der Waals surface area contributed by atoms with Crippen molar-refractivity contribution in [3.05, 3.63) is 24.2 Å². The van der Waals surface area contributed by atoms with E-state index in [4.69, 9.17) is 4.42 Å². The first-order valence-corrected chi connectivity index (χ1v) is 6.87. The molecule has 0 bridgehead atoms. The van der Waals surface area contributed by atoms with E-state index in [1.165, 1.54) is 6.26 Å². The van der Waals surface area contributed by atoms with E-state index >= 15 is 0 Å². The van der Waals surface area contributed by atoms with Gasteiger partial charge in [-0.1, -0.05) is 12.8 Å². The summed E-state index contributed by atoms with van der Waals surface area (Å²) in [4.78, 5) is 25.5. The van der Waals surface area contributed by atoms with Crippen LogP contribution in [0.4, 0.5) is 0 Å². The monoisotopic (exact) mass is 264 g/mol. The first-order chi connectivity index (χ1) is 9.27. The highest BCUT2D eigenvalue weighted by atomic mass is 16.3. The average molecular weight is 264 g/mol. The van der Waals surface area contributed by atoms with E-state index in [2.05, 4.69) is 5.32 Å². The van der Waals surface area contributed by atoms with Crippen molar-refractivity contribution in [3.63, 3.8) is 0 Å². The second-order valence-corrected chi connectivity index (χ2v) is 4.78. The molecule has 1 aliphatic rings. The zero-order chi connectivity index (χ0) is 13.5. The van der Waals surface area contributed by atoms with Crippen molar-refractivity contribution >= 4 is 11.8 Å². The minimum Gasteiger partial charge on any atom is -0.459 e. The number of hydrogen-bond acceptors (Lipinski definition) is 3. The number of nitrogens with one attached hydrogen (secondary N) is 1. The predicted octanol–water partition coefficient (Wildman–Crippen LogP) is 1.80. The molecule has 104 valence electrons. The zero-order valence-electron chi connectivity index (χ0n) is 11.1. The van der Waals surface area contributed by atoms with E-state index in [0.717, 1.165) is 32.2 Å². The summed E-state index contributed by atoms with van der Waals surface area (Å²) in [6.45, 7) is 1.88. The Morgan fingerprint density at radius 3 is 2.84 bits per heavy atom. The number of furan rings is 1. The SMILES string of the molecule is O=C1CCN(C(=O)c2ccco2)CCCCCCN1. The molecule has 1 aliphatic heterocycles. The van der Waals surface area contributed by atoms with Gasteiger partial charge in [0.15, 0.2) is 5.76 Å². The van der Waals surface area contributed by atoms with Crippen molar-refractivity contribution < 1.29 is 14.0 Å². The van der Waals surface area contributed by atoms with Gasteiger partial charge in [0, 0.05) is 26.1 Å². The summed E-state index contributed by atoms with van der Waals surface area (Å²) in [5, 5.41) is 2.87. The molecule has 2 heterocycles. The molecule has 19 heavy (non-hydrogen) atoms. The van der Waals surface area contributed by atoms with Gasteiger partial charge in [0.25, 0.3) is 5.91 Å². The molecule has 2 amide bonds. The largest absolute Gasteiger partial charge is 0.459 e. The van der Waals surface area contributed by atoms with Crippen LogP contribution < -0.4 is 5.32 Å². The second kappa shape index (κ2) is 6.97. The fourth-order valence-electron chi connectivity index (χ4n) is 2.20. The van der Waals surface area contributed by atoms with Gasteiger partial charge in [-0.15, -0.1) is 0 Å². The molecule has 0 radical (unpaired) electrons. The van der Waals surface area contributed by atoms with Crippen LogP contribution in [-0.4, -0.2) is 36.3 Å². The third-order valence-corrected chi connectivity index (χ3v) is 3.30.